The lowest BCUT2D eigenvalue weighted by atomic mass is 9.52. The van der Waals surface area contributed by atoms with E-state index < -0.39 is 0 Å². The molecule has 0 spiro atoms. The van der Waals surface area contributed by atoms with Crippen molar-refractivity contribution >= 4 is 21.7 Å². The van der Waals surface area contributed by atoms with Crippen molar-refractivity contribution in [2.24, 2.45) is 23.2 Å². The average Bonchev–Trinajstić information content (AvgIpc) is 2.83. The average molecular weight is 391 g/mol. The zero-order valence-electron chi connectivity index (χ0n) is 14.8. The Balaban J connectivity index is 1.77. The summed E-state index contributed by atoms with van der Waals surface area (Å²) in [6.45, 7) is 4.56. The topological polar surface area (TPSA) is 26.3 Å². The van der Waals surface area contributed by atoms with E-state index in [1.54, 1.807) is 7.11 Å². The number of hydrogen-bond donors (Lipinski definition) is 0. The number of ether oxygens (including phenoxy) is 1. The van der Waals surface area contributed by atoms with E-state index in [2.05, 4.69) is 48.0 Å². The molecule has 0 N–H and O–H groups in total. The number of fused-ring (bicyclic) bond motifs is 5. The van der Waals surface area contributed by atoms with Crippen molar-refractivity contribution in [3.8, 4) is 5.75 Å². The Bertz CT molecular complexity index is 670. The summed E-state index contributed by atoms with van der Waals surface area (Å²) in [5, 5.41) is 0. The van der Waals surface area contributed by atoms with E-state index in [1.165, 1.54) is 17.5 Å². The molecular formula is C21H27BrO2. The summed E-state index contributed by atoms with van der Waals surface area (Å²) < 4.78 is 5.45. The van der Waals surface area contributed by atoms with Gasteiger partial charge in [-0.25, -0.2) is 0 Å². The van der Waals surface area contributed by atoms with E-state index in [0.29, 0.717) is 29.5 Å². The molecule has 0 bridgehead atoms. The highest BCUT2D eigenvalue weighted by Gasteiger charge is 2.59. The second-order valence-corrected chi connectivity index (χ2v) is 9.36. The van der Waals surface area contributed by atoms with E-state index in [1.807, 2.05) is 0 Å². The van der Waals surface area contributed by atoms with Crippen LogP contribution in [0.15, 0.2) is 18.2 Å². The summed E-state index contributed by atoms with van der Waals surface area (Å²) in [5.74, 6) is 3.92. The van der Waals surface area contributed by atoms with Crippen molar-refractivity contribution in [3.63, 3.8) is 0 Å². The quantitative estimate of drug-likeness (QED) is 0.654. The van der Waals surface area contributed by atoms with Crippen LogP contribution in [-0.2, 0) is 11.2 Å². The Morgan fingerprint density at radius 3 is 2.88 bits per heavy atom. The van der Waals surface area contributed by atoms with Crippen LogP contribution in [0.3, 0.4) is 0 Å². The number of hydrogen-bond acceptors (Lipinski definition) is 2. The third-order valence-corrected chi connectivity index (χ3v) is 8.12. The molecular weight excluding hydrogens is 364 g/mol. The normalized spacial score (nSPS) is 40.7. The van der Waals surface area contributed by atoms with Gasteiger partial charge in [-0.05, 0) is 72.6 Å². The molecule has 0 unspecified atom stereocenters. The summed E-state index contributed by atoms with van der Waals surface area (Å²) in [7, 11) is 1.75. The Kier molecular flexibility index (Phi) is 4.06. The van der Waals surface area contributed by atoms with Gasteiger partial charge in [-0.15, -0.1) is 0 Å². The Morgan fingerprint density at radius 1 is 1.38 bits per heavy atom. The van der Waals surface area contributed by atoms with Crippen LogP contribution in [0.5, 0.6) is 5.75 Å². The lowest BCUT2D eigenvalue weighted by Crippen LogP contribution is -2.46. The van der Waals surface area contributed by atoms with E-state index in [9.17, 15) is 4.79 Å². The van der Waals surface area contributed by atoms with Crippen LogP contribution in [0.2, 0.25) is 0 Å². The molecule has 3 heteroatoms. The molecule has 24 heavy (non-hydrogen) atoms. The molecule has 6 atom stereocenters. The zero-order chi connectivity index (χ0) is 17.1. The van der Waals surface area contributed by atoms with Gasteiger partial charge in [0.1, 0.15) is 5.75 Å². The zero-order valence-corrected chi connectivity index (χ0v) is 16.4. The molecule has 0 heterocycles. The van der Waals surface area contributed by atoms with Gasteiger partial charge < -0.3 is 4.74 Å². The predicted molar refractivity (Wildman–Crippen MR) is 99.9 cm³/mol. The SMILES string of the molecule is CC[C@@H]1Cc2cc(OC)ccc2[C@H]2CC[C@]3(C)C(=O)[C@H](Br)C[C@H]3[C@H]12. The molecule has 1 aromatic rings. The Hall–Kier alpha value is -0.830. The maximum absolute atomic E-state index is 12.8. The van der Waals surface area contributed by atoms with Crippen LogP contribution in [0.1, 0.15) is 56.6 Å². The summed E-state index contributed by atoms with van der Waals surface area (Å²) >= 11 is 3.67. The Morgan fingerprint density at radius 2 is 2.17 bits per heavy atom. The summed E-state index contributed by atoms with van der Waals surface area (Å²) in [5.41, 5.74) is 2.90. The van der Waals surface area contributed by atoms with Gasteiger partial charge in [0.25, 0.3) is 0 Å². The van der Waals surface area contributed by atoms with Gasteiger partial charge in [0.05, 0.1) is 11.9 Å². The van der Waals surface area contributed by atoms with Crippen molar-refractivity contribution < 1.29 is 9.53 Å². The fourth-order valence-electron chi connectivity index (χ4n) is 6.05. The smallest absolute Gasteiger partial charge is 0.152 e. The van der Waals surface area contributed by atoms with Gasteiger partial charge >= 0.3 is 0 Å². The second kappa shape index (κ2) is 5.86. The summed E-state index contributed by atoms with van der Waals surface area (Å²) in [6.07, 6.45) is 5.56. The van der Waals surface area contributed by atoms with Crippen molar-refractivity contribution in [2.45, 2.75) is 56.7 Å². The van der Waals surface area contributed by atoms with Crippen molar-refractivity contribution in [1.29, 1.82) is 0 Å². The first-order chi connectivity index (χ1) is 11.5. The van der Waals surface area contributed by atoms with Gasteiger partial charge in [0.15, 0.2) is 5.78 Å². The lowest BCUT2D eigenvalue weighted by Gasteiger charge is -2.51. The number of methoxy groups -OCH3 is 1. The molecule has 3 aliphatic rings. The summed E-state index contributed by atoms with van der Waals surface area (Å²) in [4.78, 5) is 12.9. The van der Waals surface area contributed by atoms with Crippen LogP contribution in [0.4, 0.5) is 0 Å². The number of ketones is 1. The van der Waals surface area contributed by atoms with Crippen LogP contribution in [0, 0.1) is 23.2 Å². The number of rotatable bonds is 2. The van der Waals surface area contributed by atoms with E-state index in [4.69, 9.17) is 4.74 Å². The van der Waals surface area contributed by atoms with E-state index in [-0.39, 0.29) is 10.2 Å². The number of benzene rings is 1. The van der Waals surface area contributed by atoms with Gasteiger partial charge in [0.2, 0.25) is 0 Å². The molecule has 4 rings (SSSR count). The largest absolute Gasteiger partial charge is 0.497 e. The third-order valence-electron chi connectivity index (χ3n) is 7.33. The lowest BCUT2D eigenvalue weighted by molar-refractivity contribution is -0.129. The highest BCUT2D eigenvalue weighted by atomic mass is 79.9. The highest BCUT2D eigenvalue weighted by molar-refractivity contribution is 9.10. The molecule has 1 aromatic carbocycles. The first-order valence-electron chi connectivity index (χ1n) is 9.34. The predicted octanol–water partition coefficient (Wildman–Crippen LogP) is 5.13. The monoisotopic (exact) mass is 390 g/mol. The molecule has 0 aromatic heterocycles. The molecule has 0 saturated heterocycles. The van der Waals surface area contributed by atoms with E-state index in [0.717, 1.165) is 31.4 Å². The van der Waals surface area contributed by atoms with Crippen molar-refractivity contribution in [2.75, 3.05) is 7.11 Å². The van der Waals surface area contributed by atoms with Crippen LogP contribution in [-0.4, -0.2) is 17.7 Å². The molecule has 2 fully saturated rings. The van der Waals surface area contributed by atoms with Gasteiger partial charge in [-0.2, -0.15) is 0 Å². The van der Waals surface area contributed by atoms with Crippen LogP contribution in [0.25, 0.3) is 0 Å². The van der Waals surface area contributed by atoms with Gasteiger partial charge in [0, 0.05) is 5.41 Å². The highest BCUT2D eigenvalue weighted by Crippen LogP contribution is 2.62. The maximum Gasteiger partial charge on any atom is 0.152 e. The first kappa shape index (κ1) is 16.6. The third kappa shape index (κ3) is 2.23. The molecule has 2 nitrogen and oxygen atoms in total. The minimum Gasteiger partial charge on any atom is -0.497 e. The fraction of sp³-hybridized carbons (Fsp3) is 0.667. The van der Waals surface area contributed by atoms with Crippen LogP contribution < -0.4 is 4.74 Å². The van der Waals surface area contributed by atoms with E-state index >= 15 is 0 Å². The summed E-state index contributed by atoms with van der Waals surface area (Å²) in [6, 6.07) is 6.65. The Labute approximate surface area is 153 Å². The molecule has 3 aliphatic carbocycles. The second-order valence-electron chi connectivity index (χ2n) is 8.25. The van der Waals surface area contributed by atoms with Gasteiger partial charge in [-0.3, -0.25) is 4.79 Å². The minimum atomic E-state index is -0.104. The van der Waals surface area contributed by atoms with Gasteiger partial charge in [-0.1, -0.05) is 42.3 Å². The van der Waals surface area contributed by atoms with Crippen LogP contribution >= 0.6 is 15.9 Å². The number of carbonyl (C=O) groups is 1. The van der Waals surface area contributed by atoms with Crippen molar-refractivity contribution in [1.82, 2.24) is 0 Å². The number of halogens is 1. The molecule has 2 saturated carbocycles. The molecule has 0 radical (unpaired) electrons. The molecule has 0 aliphatic heterocycles. The minimum absolute atomic E-state index is 0.0704. The van der Waals surface area contributed by atoms with Crippen molar-refractivity contribution in [3.05, 3.63) is 29.3 Å². The fourth-order valence-corrected chi connectivity index (χ4v) is 6.98. The molecule has 0 amide bonds. The molecule has 130 valence electrons. The number of alkyl halides is 1. The maximum atomic E-state index is 12.8. The first-order valence-corrected chi connectivity index (χ1v) is 10.3. The standard InChI is InChI=1S/C21H27BrO2/c1-4-12-9-13-10-14(24-3)5-6-15(13)16-7-8-21(2)17(19(12)16)11-18(22)20(21)23/h5-6,10,12,16-19H,4,7-9,11H2,1-3H3/t12-,16-,17+,18-,19-,21+/m1/s1. The number of carbonyl (C=O) groups excluding carboxylic acids is 1. The number of Topliss-reactive ketones (excluding diaryl/α,β-unsaturated/α-hetero) is 1.